The molecule has 0 saturated carbocycles. The normalized spacial score (nSPS) is 13.4. The van der Waals surface area contributed by atoms with Crippen LogP contribution in [0.5, 0.6) is 5.75 Å². The molecule has 0 amide bonds. The van der Waals surface area contributed by atoms with E-state index in [2.05, 4.69) is 19.2 Å². The zero-order valence-corrected chi connectivity index (χ0v) is 12.2. The number of nitrogens with one attached hydrogen (secondary N) is 1. The van der Waals surface area contributed by atoms with Crippen molar-refractivity contribution >= 4 is 0 Å². The third-order valence-corrected chi connectivity index (χ3v) is 3.35. The molecule has 19 heavy (non-hydrogen) atoms. The minimum absolute atomic E-state index is 0.0348. The Bertz CT molecular complexity index is 407. The van der Waals surface area contributed by atoms with Crippen LogP contribution >= 0.6 is 0 Å². The van der Waals surface area contributed by atoms with E-state index < -0.39 is 0 Å². The first kappa shape index (κ1) is 15.9. The summed E-state index contributed by atoms with van der Waals surface area (Å²) in [4.78, 5) is 0. The maximum atomic E-state index is 13.3. The summed E-state index contributed by atoms with van der Waals surface area (Å²) in [5, 5.41) is 12.4. The Morgan fingerprint density at radius 3 is 2.68 bits per heavy atom. The van der Waals surface area contributed by atoms with Crippen LogP contribution in [0.2, 0.25) is 0 Å². The van der Waals surface area contributed by atoms with Gasteiger partial charge in [-0.2, -0.15) is 0 Å². The first-order valence-corrected chi connectivity index (χ1v) is 6.57. The van der Waals surface area contributed by atoms with E-state index in [-0.39, 0.29) is 29.6 Å². The second-order valence-corrected chi connectivity index (χ2v) is 5.63. The highest BCUT2D eigenvalue weighted by atomic mass is 19.1. The Kier molecular flexibility index (Phi) is 5.76. The number of halogens is 1. The van der Waals surface area contributed by atoms with Gasteiger partial charge in [0.1, 0.15) is 0 Å². The van der Waals surface area contributed by atoms with Gasteiger partial charge in [0, 0.05) is 19.2 Å². The molecule has 0 spiro atoms. The van der Waals surface area contributed by atoms with Crippen LogP contribution in [0, 0.1) is 11.2 Å². The summed E-state index contributed by atoms with van der Waals surface area (Å²) in [5.41, 5.74) is 1.02. The van der Waals surface area contributed by atoms with Crippen molar-refractivity contribution in [1.82, 2.24) is 5.32 Å². The monoisotopic (exact) mass is 269 g/mol. The van der Waals surface area contributed by atoms with Gasteiger partial charge >= 0.3 is 0 Å². The summed E-state index contributed by atoms with van der Waals surface area (Å²) < 4.78 is 18.3. The molecule has 1 rings (SSSR count). The molecule has 1 atom stereocenters. The molecule has 2 N–H and O–H groups in total. The van der Waals surface area contributed by atoms with Crippen LogP contribution in [-0.4, -0.2) is 25.4 Å². The van der Waals surface area contributed by atoms with Crippen molar-refractivity contribution in [3.63, 3.8) is 0 Å². The van der Waals surface area contributed by atoms with Crippen LogP contribution in [0.25, 0.3) is 0 Å². The second kappa shape index (κ2) is 6.87. The second-order valence-electron chi connectivity index (χ2n) is 5.63. The summed E-state index contributed by atoms with van der Waals surface area (Å²) >= 11 is 0. The van der Waals surface area contributed by atoms with E-state index in [1.165, 1.54) is 13.2 Å². The molecule has 0 aliphatic heterocycles. The van der Waals surface area contributed by atoms with Gasteiger partial charge in [-0.25, -0.2) is 4.39 Å². The van der Waals surface area contributed by atoms with Crippen molar-refractivity contribution in [2.24, 2.45) is 5.41 Å². The maximum absolute atomic E-state index is 13.3. The quantitative estimate of drug-likeness (QED) is 0.799. The number of rotatable bonds is 7. The third-order valence-electron chi connectivity index (χ3n) is 3.35. The van der Waals surface area contributed by atoms with Crippen molar-refractivity contribution in [2.45, 2.75) is 33.2 Å². The lowest BCUT2D eigenvalue weighted by Crippen LogP contribution is -2.32. The molecule has 1 unspecified atom stereocenters. The number of ether oxygens (including phenoxy) is 1. The average Bonchev–Trinajstić information content (AvgIpc) is 2.36. The van der Waals surface area contributed by atoms with Crippen molar-refractivity contribution in [3.05, 3.63) is 29.6 Å². The molecule has 1 aromatic rings. The van der Waals surface area contributed by atoms with E-state index in [0.717, 1.165) is 18.5 Å². The van der Waals surface area contributed by atoms with Gasteiger partial charge in [-0.15, -0.1) is 0 Å². The highest BCUT2D eigenvalue weighted by Gasteiger charge is 2.18. The smallest absolute Gasteiger partial charge is 0.165 e. The minimum atomic E-state index is -0.348. The topological polar surface area (TPSA) is 41.5 Å². The first-order valence-electron chi connectivity index (χ1n) is 6.57. The number of aliphatic hydroxyl groups excluding tert-OH is 1. The fourth-order valence-corrected chi connectivity index (χ4v) is 1.88. The molecule has 4 heteroatoms. The van der Waals surface area contributed by atoms with E-state index >= 15 is 0 Å². The molecule has 108 valence electrons. The fraction of sp³-hybridized carbons (Fsp3) is 0.600. The molecule has 3 nitrogen and oxygen atoms in total. The number of benzene rings is 1. The van der Waals surface area contributed by atoms with Crippen molar-refractivity contribution in [2.75, 3.05) is 20.3 Å². The van der Waals surface area contributed by atoms with Gasteiger partial charge in [-0.05, 0) is 36.5 Å². The van der Waals surface area contributed by atoms with E-state index in [9.17, 15) is 4.39 Å². The Morgan fingerprint density at radius 2 is 2.11 bits per heavy atom. The van der Waals surface area contributed by atoms with Gasteiger partial charge in [0.2, 0.25) is 0 Å². The molecular weight excluding hydrogens is 245 g/mol. The van der Waals surface area contributed by atoms with Crippen molar-refractivity contribution in [3.8, 4) is 5.75 Å². The maximum Gasteiger partial charge on any atom is 0.165 e. The molecule has 0 aliphatic carbocycles. The van der Waals surface area contributed by atoms with Crippen molar-refractivity contribution in [1.29, 1.82) is 0 Å². The Labute approximate surface area is 114 Å². The predicted octanol–water partition coefficient (Wildman–Crippen LogP) is 2.89. The lowest BCUT2D eigenvalue weighted by Gasteiger charge is -2.26. The largest absolute Gasteiger partial charge is 0.494 e. The van der Waals surface area contributed by atoms with Gasteiger partial charge in [0.25, 0.3) is 0 Å². The van der Waals surface area contributed by atoms with Crippen LogP contribution < -0.4 is 10.1 Å². The summed E-state index contributed by atoms with van der Waals surface area (Å²) in [6.07, 6.45) is 0.749. The van der Waals surface area contributed by atoms with Crippen molar-refractivity contribution < 1.29 is 14.2 Å². The third kappa shape index (κ3) is 4.80. The molecule has 0 heterocycles. The first-order chi connectivity index (χ1) is 8.89. The van der Waals surface area contributed by atoms with Gasteiger partial charge < -0.3 is 15.2 Å². The van der Waals surface area contributed by atoms with Crippen LogP contribution in [0.1, 0.15) is 38.8 Å². The van der Waals surface area contributed by atoms with Gasteiger partial charge in [0.05, 0.1) is 7.11 Å². The molecule has 0 aliphatic rings. The Hall–Kier alpha value is -1.13. The lowest BCUT2D eigenvalue weighted by molar-refractivity contribution is 0.203. The summed E-state index contributed by atoms with van der Waals surface area (Å²) in [5.74, 6) is -0.0835. The van der Waals surface area contributed by atoms with E-state index in [4.69, 9.17) is 9.84 Å². The standard InChI is InChI=1S/C15H24FNO2/c1-11(17-10-15(2,3)7-8-18)12-5-6-13(16)14(9-12)19-4/h5-6,9,11,17-18H,7-8,10H2,1-4H3. The van der Waals surface area contributed by atoms with Gasteiger partial charge in [0.15, 0.2) is 11.6 Å². The zero-order valence-electron chi connectivity index (χ0n) is 12.2. The molecule has 0 fully saturated rings. The number of methoxy groups -OCH3 is 1. The lowest BCUT2D eigenvalue weighted by atomic mass is 9.89. The SMILES string of the molecule is COc1cc(C(C)NCC(C)(C)CCO)ccc1F. The van der Waals surface area contributed by atoms with Gasteiger partial charge in [-0.1, -0.05) is 19.9 Å². The molecule has 1 aromatic carbocycles. The van der Waals surface area contributed by atoms with E-state index in [1.54, 1.807) is 12.1 Å². The van der Waals surface area contributed by atoms with Crippen LogP contribution in [0.15, 0.2) is 18.2 Å². The molecule has 0 aromatic heterocycles. The zero-order chi connectivity index (χ0) is 14.5. The average molecular weight is 269 g/mol. The van der Waals surface area contributed by atoms with Crippen LogP contribution in [0.3, 0.4) is 0 Å². The minimum Gasteiger partial charge on any atom is -0.494 e. The summed E-state index contributed by atoms with van der Waals surface area (Å²) in [7, 11) is 1.46. The summed E-state index contributed by atoms with van der Waals surface area (Å²) in [6, 6.07) is 5.00. The van der Waals surface area contributed by atoms with E-state index in [0.29, 0.717) is 0 Å². The number of aliphatic hydroxyl groups is 1. The van der Waals surface area contributed by atoms with Crippen LogP contribution in [0.4, 0.5) is 4.39 Å². The highest BCUT2D eigenvalue weighted by molar-refractivity contribution is 5.31. The highest BCUT2D eigenvalue weighted by Crippen LogP contribution is 2.24. The molecule has 0 bridgehead atoms. The molecule has 0 radical (unpaired) electrons. The van der Waals surface area contributed by atoms with Gasteiger partial charge in [-0.3, -0.25) is 0 Å². The summed E-state index contributed by atoms with van der Waals surface area (Å²) in [6.45, 7) is 7.21. The molecular formula is C15H24FNO2. The predicted molar refractivity (Wildman–Crippen MR) is 74.9 cm³/mol. The molecule has 0 saturated heterocycles. The van der Waals surface area contributed by atoms with Crippen LogP contribution in [-0.2, 0) is 0 Å². The Balaban J connectivity index is 2.65. The fourth-order valence-electron chi connectivity index (χ4n) is 1.88. The van der Waals surface area contributed by atoms with E-state index in [1.807, 2.05) is 6.92 Å². The Morgan fingerprint density at radius 1 is 1.42 bits per heavy atom. The number of hydrogen-bond acceptors (Lipinski definition) is 3. The number of hydrogen-bond donors (Lipinski definition) is 2.